The Balaban J connectivity index is 1.66. The second-order valence-electron chi connectivity index (χ2n) is 9.33. The van der Waals surface area contributed by atoms with Crippen LogP contribution in [0.15, 0.2) is 17.2 Å². The molecular weight excluding hydrogens is 406 g/mol. The fourth-order valence-electron chi connectivity index (χ4n) is 4.92. The van der Waals surface area contributed by atoms with E-state index in [1.165, 1.54) is 0 Å². The van der Waals surface area contributed by atoms with Crippen LogP contribution < -0.4 is 10.9 Å². The summed E-state index contributed by atoms with van der Waals surface area (Å²) in [6.45, 7) is 9.08. The average molecular weight is 444 g/mol. The Labute approximate surface area is 190 Å². The highest BCUT2D eigenvalue weighted by Crippen LogP contribution is 2.35. The maximum absolute atomic E-state index is 13.3. The van der Waals surface area contributed by atoms with Crippen molar-refractivity contribution in [2.24, 2.45) is 0 Å². The molecule has 1 atom stereocenters. The lowest BCUT2D eigenvalue weighted by Crippen LogP contribution is -2.39. The molecule has 8 heteroatoms. The summed E-state index contributed by atoms with van der Waals surface area (Å²) in [5.74, 6) is 0.882. The number of nitrogens with zero attached hydrogens (tertiary/aromatic N) is 4. The van der Waals surface area contributed by atoms with E-state index in [1.807, 2.05) is 10.8 Å². The minimum absolute atomic E-state index is 0.0268. The molecule has 0 amide bonds. The van der Waals surface area contributed by atoms with Crippen LogP contribution >= 0.6 is 0 Å². The minimum atomic E-state index is -0.216. The average Bonchev–Trinajstić information content (AvgIpc) is 2.80. The lowest BCUT2D eigenvalue weighted by Gasteiger charge is -2.28. The Morgan fingerprint density at radius 2 is 1.97 bits per heavy atom. The maximum atomic E-state index is 13.3. The molecule has 1 unspecified atom stereocenters. The number of fused-ring (bicyclic) bond motifs is 1. The van der Waals surface area contributed by atoms with E-state index in [9.17, 15) is 9.90 Å². The number of anilines is 1. The van der Waals surface area contributed by atoms with Gasteiger partial charge in [-0.1, -0.05) is 13.3 Å². The van der Waals surface area contributed by atoms with Crippen molar-refractivity contribution >= 4 is 16.9 Å². The van der Waals surface area contributed by atoms with Gasteiger partial charge in [0.2, 0.25) is 5.95 Å². The molecule has 2 aromatic heterocycles. The summed E-state index contributed by atoms with van der Waals surface area (Å²) < 4.78 is 7.28. The maximum Gasteiger partial charge on any atom is 0.261 e. The molecule has 8 nitrogen and oxygen atoms in total. The van der Waals surface area contributed by atoms with Crippen molar-refractivity contribution in [2.45, 2.75) is 77.0 Å². The third-order valence-electron chi connectivity index (χ3n) is 6.84. The third kappa shape index (κ3) is 5.47. The third-order valence-corrected chi connectivity index (χ3v) is 6.84. The molecule has 176 valence electrons. The van der Waals surface area contributed by atoms with Gasteiger partial charge in [-0.15, -0.1) is 0 Å². The monoisotopic (exact) mass is 443 g/mol. The first-order valence-electron chi connectivity index (χ1n) is 12.2. The molecule has 4 rings (SSSR count). The number of nitrogens with one attached hydrogen (secondary N) is 1. The second-order valence-corrected chi connectivity index (χ2v) is 9.33. The lowest BCUT2D eigenvalue weighted by molar-refractivity contribution is 0.0363. The molecule has 2 N–H and O–H groups in total. The van der Waals surface area contributed by atoms with Crippen LogP contribution in [0.5, 0.6) is 0 Å². The highest BCUT2D eigenvalue weighted by atomic mass is 16.5. The van der Waals surface area contributed by atoms with Crippen molar-refractivity contribution in [3.63, 3.8) is 0 Å². The number of pyridine rings is 1. The van der Waals surface area contributed by atoms with E-state index < -0.39 is 0 Å². The summed E-state index contributed by atoms with van der Waals surface area (Å²) in [5.41, 5.74) is 1.85. The zero-order chi connectivity index (χ0) is 22.5. The lowest BCUT2D eigenvalue weighted by atomic mass is 9.82. The van der Waals surface area contributed by atoms with Crippen molar-refractivity contribution in [1.29, 1.82) is 0 Å². The first-order chi connectivity index (χ1) is 15.5. The number of hydrogen-bond donors (Lipinski definition) is 2. The molecule has 0 aromatic carbocycles. The van der Waals surface area contributed by atoms with Crippen LogP contribution in [-0.2, 0) is 11.3 Å². The van der Waals surface area contributed by atoms with Gasteiger partial charge in [-0.3, -0.25) is 9.69 Å². The zero-order valence-corrected chi connectivity index (χ0v) is 19.4. The first-order valence-corrected chi connectivity index (χ1v) is 12.2. The van der Waals surface area contributed by atoms with Crippen molar-refractivity contribution in [1.82, 2.24) is 19.4 Å². The van der Waals surface area contributed by atoms with E-state index in [2.05, 4.69) is 29.0 Å². The number of aliphatic hydroxyl groups is 1. The SMILES string of the molecule is CCCC(C)Nc1ncc2c(=O)n(CCN3CCOCC3)cc([C@H]3CC[C@H](O)CC3)c2n1. The van der Waals surface area contributed by atoms with E-state index >= 15 is 0 Å². The Kier molecular flexibility index (Phi) is 7.75. The standard InChI is InChI=1S/C24H37N5O3/c1-3-4-17(2)26-24-25-15-20-22(27-24)21(18-5-7-19(30)8-6-18)16-29(23(20)31)10-9-28-11-13-32-14-12-28/h15-19,30H,3-14H2,1-2H3,(H,25,26,27)/t17?,18-,19-. The van der Waals surface area contributed by atoms with Crippen LogP contribution in [-0.4, -0.2) is 69.5 Å². The molecule has 0 spiro atoms. The predicted octanol–water partition coefficient (Wildman–Crippen LogP) is 2.74. The van der Waals surface area contributed by atoms with Gasteiger partial charge in [0.1, 0.15) is 0 Å². The Morgan fingerprint density at radius 3 is 2.69 bits per heavy atom. The van der Waals surface area contributed by atoms with Gasteiger partial charge in [0.05, 0.1) is 30.2 Å². The number of aliphatic hydroxyl groups excluding tert-OH is 1. The number of ether oxygens (including phenoxy) is 1. The Hall–Kier alpha value is -2.03. The quantitative estimate of drug-likeness (QED) is 0.648. The van der Waals surface area contributed by atoms with E-state index in [4.69, 9.17) is 9.72 Å². The Morgan fingerprint density at radius 1 is 1.22 bits per heavy atom. The molecule has 32 heavy (non-hydrogen) atoms. The normalized spacial score (nSPS) is 23.3. The summed E-state index contributed by atoms with van der Waals surface area (Å²) in [5, 5.41) is 14.0. The molecule has 0 radical (unpaired) electrons. The fourth-order valence-corrected chi connectivity index (χ4v) is 4.92. The van der Waals surface area contributed by atoms with Crippen LogP contribution in [0.4, 0.5) is 5.95 Å². The molecular formula is C24H37N5O3. The van der Waals surface area contributed by atoms with Crippen LogP contribution in [0.1, 0.15) is 63.9 Å². The molecule has 2 fully saturated rings. The van der Waals surface area contributed by atoms with E-state index in [0.29, 0.717) is 23.8 Å². The minimum Gasteiger partial charge on any atom is -0.393 e. The predicted molar refractivity (Wildman–Crippen MR) is 126 cm³/mol. The summed E-state index contributed by atoms with van der Waals surface area (Å²) in [6, 6.07) is 0.277. The highest BCUT2D eigenvalue weighted by molar-refractivity contribution is 5.81. The number of morpholine rings is 1. The molecule has 1 aliphatic carbocycles. The number of hydrogen-bond acceptors (Lipinski definition) is 7. The van der Waals surface area contributed by atoms with Gasteiger partial charge in [-0.05, 0) is 50.5 Å². The Bertz CT molecular complexity index is 949. The number of rotatable bonds is 8. The van der Waals surface area contributed by atoms with Crippen molar-refractivity contribution in [3.8, 4) is 0 Å². The van der Waals surface area contributed by atoms with E-state index in [-0.39, 0.29) is 17.7 Å². The largest absolute Gasteiger partial charge is 0.393 e. The summed E-state index contributed by atoms with van der Waals surface area (Å²) in [6.07, 6.45) is 9.05. The smallest absolute Gasteiger partial charge is 0.261 e. The summed E-state index contributed by atoms with van der Waals surface area (Å²) in [4.78, 5) is 24.9. The van der Waals surface area contributed by atoms with Crippen molar-refractivity contribution < 1.29 is 9.84 Å². The molecule has 3 heterocycles. The van der Waals surface area contributed by atoms with Crippen molar-refractivity contribution in [3.05, 3.63) is 28.3 Å². The van der Waals surface area contributed by atoms with Gasteiger partial charge in [0.15, 0.2) is 0 Å². The topological polar surface area (TPSA) is 92.5 Å². The van der Waals surface area contributed by atoms with Crippen LogP contribution in [0.25, 0.3) is 10.9 Å². The first kappa shape index (κ1) is 23.1. The second kappa shape index (κ2) is 10.7. The number of aromatic nitrogens is 3. The van der Waals surface area contributed by atoms with E-state index in [0.717, 1.165) is 82.5 Å². The van der Waals surface area contributed by atoms with Gasteiger partial charge < -0.3 is 19.7 Å². The van der Waals surface area contributed by atoms with Crippen molar-refractivity contribution in [2.75, 3.05) is 38.2 Å². The summed E-state index contributed by atoms with van der Waals surface area (Å²) in [7, 11) is 0. The molecule has 2 aliphatic rings. The molecule has 1 saturated carbocycles. The van der Waals surface area contributed by atoms with Gasteiger partial charge >= 0.3 is 0 Å². The van der Waals surface area contributed by atoms with Gasteiger partial charge in [-0.25, -0.2) is 9.97 Å². The molecule has 0 bridgehead atoms. The highest BCUT2D eigenvalue weighted by Gasteiger charge is 2.25. The molecule has 1 aliphatic heterocycles. The van der Waals surface area contributed by atoms with Crippen LogP contribution in [0.3, 0.4) is 0 Å². The van der Waals surface area contributed by atoms with Crippen LogP contribution in [0, 0.1) is 0 Å². The van der Waals surface area contributed by atoms with Gasteiger partial charge in [-0.2, -0.15) is 0 Å². The van der Waals surface area contributed by atoms with Crippen LogP contribution in [0.2, 0.25) is 0 Å². The van der Waals surface area contributed by atoms with Gasteiger partial charge in [0, 0.05) is 44.6 Å². The summed E-state index contributed by atoms with van der Waals surface area (Å²) >= 11 is 0. The molecule has 1 saturated heterocycles. The zero-order valence-electron chi connectivity index (χ0n) is 19.4. The fraction of sp³-hybridized carbons (Fsp3) is 0.708. The molecule has 2 aromatic rings. The van der Waals surface area contributed by atoms with Gasteiger partial charge in [0.25, 0.3) is 5.56 Å². The van der Waals surface area contributed by atoms with E-state index in [1.54, 1.807) is 6.20 Å².